The fraction of sp³-hybridized carbons (Fsp3) is 0.200. The van der Waals surface area contributed by atoms with Crippen LogP contribution in [0, 0.1) is 11.3 Å². The Morgan fingerprint density at radius 3 is 2.38 bits per heavy atom. The van der Waals surface area contributed by atoms with Crippen LogP contribution in [0.5, 0.6) is 23.0 Å². The summed E-state index contributed by atoms with van der Waals surface area (Å²) >= 11 is 0. The van der Waals surface area contributed by atoms with Crippen LogP contribution in [0.1, 0.15) is 12.5 Å². The zero-order valence-corrected chi connectivity index (χ0v) is 14.6. The van der Waals surface area contributed by atoms with E-state index in [2.05, 4.69) is 0 Å². The Kier molecular flexibility index (Phi) is 7.07. The number of nitrogens with zero attached hydrogens (tertiary/aromatic N) is 1. The number of rotatable bonds is 8. The molecule has 0 aromatic heterocycles. The Bertz CT molecular complexity index is 806. The first kappa shape index (κ1) is 18.9. The molecule has 0 heterocycles. The molecule has 26 heavy (non-hydrogen) atoms. The van der Waals surface area contributed by atoms with Gasteiger partial charge in [-0.05, 0) is 55.0 Å². The van der Waals surface area contributed by atoms with Gasteiger partial charge in [-0.1, -0.05) is 6.07 Å². The van der Waals surface area contributed by atoms with Crippen molar-refractivity contribution < 1.29 is 23.7 Å². The van der Waals surface area contributed by atoms with E-state index < -0.39 is 5.97 Å². The van der Waals surface area contributed by atoms with Crippen LogP contribution in [0.15, 0.2) is 48.5 Å². The Balaban J connectivity index is 1.94. The summed E-state index contributed by atoms with van der Waals surface area (Å²) in [5, 5.41) is 8.56. The maximum absolute atomic E-state index is 12.0. The van der Waals surface area contributed by atoms with Crippen molar-refractivity contribution in [3.63, 3.8) is 0 Å². The number of carbonyl (C=O) groups is 1. The van der Waals surface area contributed by atoms with Crippen LogP contribution in [-0.4, -0.2) is 26.3 Å². The van der Waals surface area contributed by atoms with Gasteiger partial charge in [0.2, 0.25) is 0 Å². The lowest BCUT2D eigenvalue weighted by atomic mass is 10.2. The van der Waals surface area contributed by atoms with Gasteiger partial charge in [-0.3, -0.25) is 0 Å². The maximum atomic E-state index is 12.0. The number of nitriles is 1. The fourth-order valence-electron chi connectivity index (χ4n) is 2.10. The number of carbonyl (C=O) groups excluding carboxylic acids is 1. The summed E-state index contributed by atoms with van der Waals surface area (Å²) in [7, 11) is 1.47. The first-order chi connectivity index (χ1) is 12.7. The van der Waals surface area contributed by atoms with Crippen molar-refractivity contribution in [2.75, 3.05) is 20.3 Å². The average Bonchev–Trinajstić information content (AvgIpc) is 2.67. The number of methoxy groups -OCH3 is 1. The molecular formula is C20H19NO5. The molecule has 0 atom stereocenters. The molecule has 0 fully saturated rings. The van der Waals surface area contributed by atoms with E-state index in [0.717, 1.165) is 11.3 Å². The van der Waals surface area contributed by atoms with Crippen LogP contribution in [0.3, 0.4) is 0 Å². The number of hydrogen-bond acceptors (Lipinski definition) is 6. The number of esters is 1. The van der Waals surface area contributed by atoms with Crippen molar-refractivity contribution in [3.05, 3.63) is 54.1 Å². The SMILES string of the molecule is CCOc1ccc(OCC(=O)Oc2ccc(/C=C\C#N)cc2OC)cc1. The third-order valence-corrected chi connectivity index (χ3v) is 3.25. The molecule has 0 bridgehead atoms. The molecule has 2 aromatic rings. The van der Waals surface area contributed by atoms with Gasteiger partial charge in [-0.25, -0.2) is 4.79 Å². The lowest BCUT2D eigenvalue weighted by Gasteiger charge is -2.11. The third kappa shape index (κ3) is 5.56. The van der Waals surface area contributed by atoms with Gasteiger partial charge in [-0.15, -0.1) is 0 Å². The Hall–Kier alpha value is -3.46. The second-order valence-electron chi connectivity index (χ2n) is 5.04. The molecule has 0 aliphatic rings. The highest BCUT2D eigenvalue weighted by atomic mass is 16.6. The standard InChI is InChI=1S/C20H19NO5/c1-3-24-16-7-9-17(10-8-16)25-14-20(22)26-18-11-6-15(5-4-12-21)13-19(18)23-2/h4-11,13H,3,14H2,1-2H3/b5-4-. The Morgan fingerprint density at radius 2 is 1.77 bits per heavy atom. The van der Waals surface area contributed by atoms with Crippen LogP contribution in [0.2, 0.25) is 0 Å². The van der Waals surface area contributed by atoms with Crippen LogP contribution in [-0.2, 0) is 4.79 Å². The molecule has 0 N–H and O–H groups in total. The summed E-state index contributed by atoms with van der Waals surface area (Å²) in [4.78, 5) is 12.0. The number of allylic oxidation sites excluding steroid dienone is 1. The summed E-state index contributed by atoms with van der Waals surface area (Å²) < 4.78 is 21.2. The van der Waals surface area contributed by atoms with Crippen LogP contribution < -0.4 is 18.9 Å². The van der Waals surface area contributed by atoms with Gasteiger partial charge in [0.25, 0.3) is 0 Å². The van der Waals surface area contributed by atoms with Crippen molar-refractivity contribution in [2.45, 2.75) is 6.92 Å². The van der Waals surface area contributed by atoms with E-state index >= 15 is 0 Å². The molecule has 6 nitrogen and oxygen atoms in total. The van der Waals surface area contributed by atoms with Gasteiger partial charge in [-0.2, -0.15) is 5.26 Å². The molecule has 2 rings (SSSR count). The summed E-state index contributed by atoms with van der Waals surface area (Å²) in [5.74, 6) is 1.38. The summed E-state index contributed by atoms with van der Waals surface area (Å²) in [6.07, 6.45) is 2.98. The molecule has 0 spiro atoms. The van der Waals surface area contributed by atoms with Crippen molar-refractivity contribution in [1.29, 1.82) is 5.26 Å². The molecule has 6 heteroatoms. The predicted octanol–water partition coefficient (Wildman–Crippen LogP) is 3.62. The van der Waals surface area contributed by atoms with Crippen molar-refractivity contribution in [1.82, 2.24) is 0 Å². The minimum absolute atomic E-state index is 0.243. The van der Waals surface area contributed by atoms with Gasteiger partial charge in [0.15, 0.2) is 18.1 Å². The summed E-state index contributed by atoms with van der Waals surface area (Å²) in [6, 6.07) is 13.9. The molecule has 0 aliphatic heterocycles. The normalized spacial score (nSPS) is 10.2. The predicted molar refractivity (Wildman–Crippen MR) is 96.4 cm³/mol. The van der Waals surface area contributed by atoms with Crippen molar-refractivity contribution in [3.8, 4) is 29.1 Å². The smallest absolute Gasteiger partial charge is 0.349 e. The van der Waals surface area contributed by atoms with E-state index in [1.807, 2.05) is 13.0 Å². The molecule has 0 saturated heterocycles. The minimum Gasteiger partial charge on any atom is -0.494 e. The molecule has 0 aliphatic carbocycles. The molecule has 0 unspecified atom stereocenters. The maximum Gasteiger partial charge on any atom is 0.349 e. The first-order valence-electron chi connectivity index (χ1n) is 7.96. The topological polar surface area (TPSA) is 77.8 Å². The quantitative estimate of drug-likeness (QED) is 0.410. The first-order valence-corrected chi connectivity index (χ1v) is 7.96. The average molecular weight is 353 g/mol. The van der Waals surface area contributed by atoms with Gasteiger partial charge in [0, 0.05) is 6.08 Å². The van der Waals surface area contributed by atoms with Gasteiger partial charge in [0.1, 0.15) is 11.5 Å². The van der Waals surface area contributed by atoms with E-state index in [0.29, 0.717) is 18.1 Å². The third-order valence-electron chi connectivity index (χ3n) is 3.25. The van der Waals surface area contributed by atoms with E-state index in [4.69, 9.17) is 24.2 Å². The lowest BCUT2D eigenvalue weighted by molar-refractivity contribution is -0.136. The highest BCUT2D eigenvalue weighted by Gasteiger charge is 2.11. The number of hydrogen-bond donors (Lipinski definition) is 0. The highest BCUT2D eigenvalue weighted by molar-refractivity contribution is 5.75. The van der Waals surface area contributed by atoms with Crippen molar-refractivity contribution in [2.24, 2.45) is 0 Å². The van der Waals surface area contributed by atoms with Crippen LogP contribution >= 0.6 is 0 Å². The largest absolute Gasteiger partial charge is 0.494 e. The molecule has 0 saturated carbocycles. The van der Waals surface area contributed by atoms with Crippen molar-refractivity contribution >= 4 is 12.0 Å². The minimum atomic E-state index is -0.558. The fourth-order valence-corrected chi connectivity index (χ4v) is 2.10. The molecule has 0 radical (unpaired) electrons. The molecular weight excluding hydrogens is 334 g/mol. The number of benzene rings is 2. The monoisotopic (exact) mass is 353 g/mol. The van der Waals surface area contributed by atoms with Crippen LogP contribution in [0.25, 0.3) is 6.08 Å². The van der Waals surface area contributed by atoms with E-state index in [-0.39, 0.29) is 12.4 Å². The van der Waals surface area contributed by atoms with E-state index in [1.54, 1.807) is 48.5 Å². The molecule has 134 valence electrons. The Morgan fingerprint density at radius 1 is 1.08 bits per heavy atom. The molecule has 2 aromatic carbocycles. The van der Waals surface area contributed by atoms with Gasteiger partial charge < -0.3 is 18.9 Å². The highest BCUT2D eigenvalue weighted by Crippen LogP contribution is 2.28. The number of ether oxygens (including phenoxy) is 4. The second kappa shape index (κ2) is 9.74. The summed E-state index contributed by atoms with van der Waals surface area (Å²) in [6.45, 7) is 2.24. The lowest BCUT2D eigenvalue weighted by Crippen LogP contribution is -2.18. The summed E-state index contributed by atoms with van der Waals surface area (Å²) in [5.41, 5.74) is 0.758. The van der Waals surface area contributed by atoms with Gasteiger partial charge >= 0.3 is 5.97 Å². The molecule has 0 amide bonds. The van der Waals surface area contributed by atoms with E-state index in [9.17, 15) is 4.79 Å². The van der Waals surface area contributed by atoms with Crippen LogP contribution in [0.4, 0.5) is 0 Å². The van der Waals surface area contributed by atoms with Gasteiger partial charge in [0.05, 0.1) is 19.8 Å². The zero-order valence-electron chi connectivity index (χ0n) is 14.6. The van der Waals surface area contributed by atoms with E-state index in [1.165, 1.54) is 13.2 Å². The zero-order chi connectivity index (χ0) is 18.8. The Labute approximate surface area is 152 Å². The second-order valence-corrected chi connectivity index (χ2v) is 5.04.